The molecule has 0 radical (unpaired) electrons. The molecule has 2 atom stereocenters. The van der Waals surface area contributed by atoms with Gasteiger partial charge in [-0.05, 0) is 49.1 Å². The molecule has 0 aromatic carbocycles. The van der Waals surface area contributed by atoms with Gasteiger partial charge in [0.15, 0.2) is 0 Å². The average Bonchev–Trinajstić information content (AvgIpc) is 2.90. The SMILES string of the molecule is CCC1CC(NCC2CCC2)CN(c2ccsc2)C1. The van der Waals surface area contributed by atoms with Gasteiger partial charge in [-0.1, -0.05) is 19.8 Å². The van der Waals surface area contributed by atoms with Crippen molar-refractivity contribution in [3.8, 4) is 0 Å². The van der Waals surface area contributed by atoms with Crippen molar-refractivity contribution in [2.75, 3.05) is 24.5 Å². The van der Waals surface area contributed by atoms with Crippen LogP contribution in [0.4, 0.5) is 5.69 Å². The molecule has 3 rings (SSSR count). The van der Waals surface area contributed by atoms with Gasteiger partial charge in [-0.25, -0.2) is 0 Å². The molecule has 1 saturated carbocycles. The van der Waals surface area contributed by atoms with Crippen molar-refractivity contribution in [3.63, 3.8) is 0 Å². The highest BCUT2D eigenvalue weighted by Crippen LogP contribution is 2.28. The van der Waals surface area contributed by atoms with Gasteiger partial charge in [-0.2, -0.15) is 11.3 Å². The summed E-state index contributed by atoms with van der Waals surface area (Å²) in [6.07, 6.45) is 7.03. The molecule has 1 aromatic heterocycles. The summed E-state index contributed by atoms with van der Waals surface area (Å²) >= 11 is 1.81. The standard InChI is InChI=1S/C16H26N2S/c1-2-13-8-15(17-9-14-4-3-5-14)11-18(10-13)16-6-7-19-12-16/h6-7,12-15,17H,2-5,8-11H2,1H3. The van der Waals surface area contributed by atoms with Crippen molar-refractivity contribution in [2.24, 2.45) is 11.8 Å². The van der Waals surface area contributed by atoms with E-state index in [1.165, 1.54) is 57.4 Å². The van der Waals surface area contributed by atoms with E-state index in [0.29, 0.717) is 6.04 Å². The number of hydrogen-bond donors (Lipinski definition) is 1. The highest BCUT2D eigenvalue weighted by atomic mass is 32.1. The van der Waals surface area contributed by atoms with Crippen molar-refractivity contribution in [2.45, 2.75) is 45.1 Å². The Morgan fingerprint density at radius 3 is 2.84 bits per heavy atom. The molecule has 1 aliphatic heterocycles. The van der Waals surface area contributed by atoms with E-state index in [9.17, 15) is 0 Å². The van der Waals surface area contributed by atoms with Gasteiger partial charge in [0.05, 0.1) is 0 Å². The first kappa shape index (κ1) is 13.4. The zero-order valence-electron chi connectivity index (χ0n) is 12.0. The predicted molar refractivity (Wildman–Crippen MR) is 84.1 cm³/mol. The fraction of sp³-hybridized carbons (Fsp3) is 0.750. The Hall–Kier alpha value is -0.540. The van der Waals surface area contributed by atoms with Crippen LogP contribution in [0, 0.1) is 11.8 Å². The molecule has 106 valence electrons. The molecule has 2 unspecified atom stereocenters. The van der Waals surface area contributed by atoms with Crippen LogP contribution in [0.1, 0.15) is 39.0 Å². The molecule has 2 aliphatic rings. The van der Waals surface area contributed by atoms with Crippen LogP contribution in [0.2, 0.25) is 0 Å². The average molecular weight is 278 g/mol. The molecule has 2 fully saturated rings. The van der Waals surface area contributed by atoms with Gasteiger partial charge in [0.25, 0.3) is 0 Å². The van der Waals surface area contributed by atoms with Crippen molar-refractivity contribution in [1.82, 2.24) is 5.32 Å². The van der Waals surface area contributed by atoms with Gasteiger partial charge in [-0.15, -0.1) is 0 Å². The molecule has 1 aromatic rings. The van der Waals surface area contributed by atoms with Crippen LogP contribution in [0.3, 0.4) is 0 Å². The van der Waals surface area contributed by atoms with E-state index < -0.39 is 0 Å². The number of rotatable bonds is 5. The van der Waals surface area contributed by atoms with Crippen molar-refractivity contribution in [3.05, 3.63) is 16.8 Å². The lowest BCUT2D eigenvalue weighted by Gasteiger charge is -2.40. The van der Waals surface area contributed by atoms with Crippen LogP contribution >= 0.6 is 11.3 Å². The first-order valence-corrected chi connectivity index (χ1v) is 8.80. The van der Waals surface area contributed by atoms with Gasteiger partial charge >= 0.3 is 0 Å². The zero-order chi connectivity index (χ0) is 13.1. The lowest BCUT2D eigenvalue weighted by Crippen LogP contribution is -2.50. The van der Waals surface area contributed by atoms with Gasteiger partial charge in [0, 0.05) is 30.2 Å². The third kappa shape index (κ3) is 3.32. The summed E-state index contributed by atoms with van der Waals surface area (Å²) in [7, 11) is 0. The molecule has 1 N–H and O–H groups in total. The Kier molecular flexibility index (Phi) is 4.44. The number of nitrogens with one attached hydrogen (secondary N) is 1. The Bertz CT molecular complexity index is 372. The summed E-state index contributed by atoms with van der Waals surface area (Å²) in [4.78, 5) is 2.59. The van der Waals surface area contributed by atoms with Crippen molar-refractivity contribution >= 4 is 17.0 Å². The summed E-state index contributed by atoms with van der Waals surface area (Å²) in [6.45, 7) is 6.03. The second kappa shape index (κ2) is 6.27. The second-order valence-electron chi connectivity index (χ2n) is 6.30. The molecular formula is C16H26N2S. The second-order valence-corrected chi connectivity index (χ2v) is 7.08. The summed E-state index contributed by atoms with van der Waals surface area (Å²) in [6, 6.07) is 2.96. The molecule has 3 heteroatoms. The van der Waals surface area contributed by atoms with Crippen LogP contribution < -0.4 is 10.2 Å². The highest BCUT2D eigenvalue weighted by molar-refractivity contribution is 7.08. The molecule has 0 spiro atoms. The molecule has 19 heavy (non-hydrogen) atoms. The maximum Gasteiger partial charge on any atom is 0.0475 e. The van der Waals surface area contributed by atoms with E-state index in [-0.39, 0.29) is 0 Å². The Labute approximate surface area is 121 Å². The molecule has 0 bridgehead atoms. The van der Waals surface area contributed by atoms with Crippen LogP contribution in [-0.2, 0) is 0 Å². The summed E-state index contributed by atoms with van der Waals surface area (Å²) in [5, 5.41) is 8.33. The molecule has 2 heterocycles. The first-order valence-electron chi connectivity index (χ1n) is 7.85. The quantitative estimate of drug-likeness (QED) is 0.882. The van der Waals surface area contributed by atoms with Crippen molar-refractivity contribution in [1.29, 1.82) is 0 Å². The first-order chi connectivity index (χ1) is 9.35. The largest absolute Gasteiger partial charge is 0.369 e. The smallest absolute Gasteiger partial charge is 0.0475 e. The predicted octanol–water partition coefficient (Wildman–Crippen LogP) is 3.74. The van der Waals surface area contributed by atoms with Gasteiger partial charge in [0.1, 0.15) is 0 Å². The fourth-order valence-electron chi connectivity index (χ4n) is 3.33. The summed E-state index contributed by atoms with van der Waals surface area (Å²) in [5.74, 6) is 1.82. The van der Waals surface area contributed by atoms with Crippen LogP contribution in [0.15, 0.2) is 16.8 Å². The number of piperidine rings is 1. The lowest BCUT2D eigenvalue weighted by atomic mass is 9.84. The zero-order valence-corrected chi connectivity index (χ0v) is 12.8. The minimum Gasteiger partial charge on any atom is -0.369 e. The van der Waals surface area contributed by atoms with Gasteiger partial charge in [-0.3, -0.25) is 0 Å². The lowest BCUT2D eigenvalue weighted by molar-refractivity contribution is 0.262. The Balaban J connectivity index is 1.57. The number of nitrogens with zero attached hydrogens (tertiary/aromatic N) is 1. The van der Waals surface area contributed by atoms with Crippen LogP contribution in [-0.4, -0.2) is 25.7 Å². The van der Waals surface area contributed by atoms with E-state index in [4.69, 9.17) is 0 Å². The van der Waals surface area contributed by atoms with Crippen molar-refractivity contribution < 1.29 is 0 Å². The number of thiophene rings is 1. The van der Waals surface area contributed by atoms with E-state index in [2.05, 4.69) is 34.0 Å². The maximum atomic E-state index is 3.84. The molecule has 2 nitrogen and oxygen atoms in total. The number of anilines is 1. The molecular weight excluding hydrogens is 252 g/mol. The van der Waals surface area contributed by atoms with Gasteiger partial charge < -0.3 is 10.2 Å². The molecule has 1 aliphatic carbocycles. The van der Waals surface area contributed by atoms with E-state index in [1.54, 1.807) is 0 Å². The Morgan fingerprint density at radius 2 is 2.21 bits per heavy atom. The van der Waals surface area contributed by atoms with E-state index in [1.807, 2.05) is 11.3 Å². The molecule has 0 amide bonds. The summed E-state index contributed by atoms with van der Waals surface area (Å²) < 4.78 is 0. The van der Waals surface area contributed by atoms with E-state index in [0.717, 1.165) is 11.8 Å². The van der Waals surface area contributed by atoms with Crippen LogP contribution in [0.25, 0.3) is 0 Å². The van der Waals surface area contributed by atoms with Crippen LogP contribution in [0.5, 0.6) is 0 Å². The highest BCUT2D eigenvalue weighted by Gasteiger charge is 2.27. The normalized spacial score (nSPS) is 28.4. The van der Waals surface area contributed by atoms with E-state index >= 15 is 0 Å². The number of hydrogen-bond acceptors (Lipinski definition) is 3. The minimum atomic E-state index is 0.694. The third-order valence-electron chi connectivity index (χ3n) is 4.91. The van der Waals surface area contributed by atoms with Gasteiger partial charge in [0.2, 0.25) is 0 Å². The Morgan fingerprint density at radius 1 is 1.32 bits per heavy atom. The molecule has 1 saturated heterocycles. The summed E-state index contributed by atoms with van der Waals surface area (Å²) in [5.41, 5.74) is 1.43. The maximum absolute atomic E-state index is 3.84. The third-order valence-corrected chi connectivity index (χ3v) is 5.58. The minimum absolute atomic E-state index is 0.694. The topological polar surface area (TPSA) is 15.3 Å². The fourth-order valence-corrected chi connectivity index (χ4v) is 3.99. The monoisotopic (exact) mass is 278 g/mol.